The Balaban J connectivity index is 1.79. The van der Waals surface area contributed by atoms with Gasteiger partial charge in [0.05, 0.1) is 0 Å². The maximum atomic E-state index is 13.1. The summed E-state index contributed by atoms with van der Waals surface area (Å²) in [6.45, 7) is 5.63. The second kappa shape index (κ2) is 10.1. The summed E-state index contributed by atoms with van der Waals surface area (Å²) < 4.78 is 0. The molecule has 156 valence electrons. The largest absolute Gasteiger partial charge is 0.369 e. The first kappa shape index (κ1) is 21.6. The molecule has 0 saturated heterocycles. The SMILES string of the molecule is CC(C)CCCCNC1CCC(C(C(N)=O)(c2ccccc2)c2ccccc2)C1. The van der Waals surface area contributed by atoms with E-state index in [0.717, 1.165) is 42.9 Å². The third-order valence-corrected chi connectivity index (χ3v) is 6.53. The van der Waals surface area contributed by atoms with Crippen molar-refractivity contribution in [2.75, 3.05) is 6.54 Å². The highest BCUT2D eigenvalue weighted by atomic mass is 16.1. The Morgan fingerprint density at radius 1 is 1.00 bits per heavy atom. The van der Waals surface area contributed by atoms with Crippen molar-refractivity contribution < 1.29 is 4.79 Å². The average Bonchev–Trinajstić information content (AvgIpc) is 3.18. The summed E-state index contributed by atoms with van der Waals surface area (Å²) in [5.74, 6) is 0.745. The van der Waals surface area contributed by atoms with E-state index in [1.165, 1.54) is 19.3 Å². The molecule has 0 heterocycles. The Kier molecular flexibility index (Phi) is 7.49. The second-order valence-corrected chi connectivity index (χ2v) is 8.95. The number of amides is 1. The molecule has 0 spiro atoms. The molecule has 1 amide bonds. The fraction of sp³-hybridized carbons (Fsp3) is 0.500. The predicted octanol–water partition coefficient (Wildman–Crippen LogP) is 5.04. The van der Waals surface area contributed by atoms with Crippen LogP contribution in [0.5, 0.6) is 0 Å². The fourth-order valence-electron chi connectivity index (χ4n) is 5.07. The van der Waals surface area contributed by atoms with Gasteiger partial charge in [0.15, 0.2) is 0 Å². The Morgan fingerprint density at radius 2 is 1.59 bits per heavy atom. The number of rotatable bonds is 10. The molecule has 0 radical (unpaired) electrons. The Hall–Kier alpha value is -2.13. The van der Waals surface area contributed by atoms with Crippen LogP contribution in [-0.2, 0) is 10.2 Å². The Bertz CT molecular complexity index is 717. The van der Waals surface area contributed by atoms with Crippen molar-refractivity contribution in [2.24, 2.45) is 17.6 Å². The van der Waals surface area contributed by atoms with Crippen molar-refractivity contribution in [3.05, 3.63) is 71.8 Å². The number of hydrogen-bond acceptors (Lipinski definition) is 2. The van der Waals surface area contributed by atoms with Crippen molar-refractivity contribution >= 4 is 5.91 Å². The molecule has 0 aromatic heterocycles. The van der Waals surface area contributed by atoms with Crippen LogP contribution in [0, 0.1) is 11.8 Å². The molecule has 3 heteroatoms. The van der Waals surface area contributed by atoms with E-state index in [4.69, 9.17) is 5.73 Å². The van der Waals surface area contributed by atoms with Gasteiger partial charge in [0, 0.05) is 6.04 Å². The van der Waals surface area contributed by atoms with Crippen molar-refractivity contribution in [2.45, 2.75) is 63.8 Å². The number of benzene rings is 2. The highest BCUT2D eigenvalue weighted by Crippen LogP contribution is 2.46. The van der Waals surface area contributed by atoms with Crippen LogP contribution in [0.4, 0.5) is 0 Å². The van der Waals surface area contributed by atoms with Gasteiger partial charge in [0.2, 0.25) is 5.91 Å². The smallest absolute Gasteiger partial charge is 0.232 e. The van der Waals surface area contributed by atoms with E-state index in [0.29, 0.717) is 6.04 Å². The number of carbonyl (C=O) groups is 1. The molecular weight excluding hydrogens is 356 g/mol. The predicted molar refractivity (Wildman–Crippen MR) is 121 cm³/mol. The lowest BCUT2D eigenvalue weighted by atomic mass is 9.64. The number of hydrogen-bond donors (Lipinski definition) is 2. The van der Waals surface area contributed by atoms with Crippen LogP contribution in [0.2, 0.25) is 0 Å². The molecule has 29 heavy (non-hydrogen) atoms. The highest BCUT2D eigenvalue weighted by Gasteiger charge is 2.49. The first-order chi connectivity index (χ1) is 14.0. The Morgan fingerprint density at radius 3 is 2.10 bits per heavy atom. The molecule has 1 saturated carbocycles. The molecule has 3 N–H and O–H groups in total. The fourth-order valence-corrected chi connectivity index (χ4v) is 5.07. The van der Waals surface area contributed by atoms with Gasteiger partial charge in [-0.2, -0.15) is 0 Å². The monoisotopic (exact) mass is 392 g/mol. The van der Waals surface area contributed by atoms with Gasteiger partial charge in [-0.1, -0.05) is 87.4 Å². The van der Waals surface area contributed by atoms with Crippen LogP contribution >= 0.6 is 0 Å². The number of carbonyl (C=O) groups excluding carboxylic acids is 1. The minimum absolute atomic E-state index is 0.206. The van der Waals surface area contributed by atoms with Crippen LogP contribution < -0.4 is 11.1 Å². The second-order valence-electron chi connectivity index (χ2n) is 8.95. The molecule has 1 aliphatic carbocycles. The van der Waals surface area contributed by atoms with Gasteiger partial charge < -0.3 is 11.1 Å². The van der Waals surface area contributed by atoms with E-state index in [9.17, 15) is 4.79 Å². The Labute approximate surface area is 176 Å². The van der Waals surface area contributed by atoms with Gasteiger partial charge in [0.25, 0.3) is 0 Å². The first-order valence-electron chi connectivity index (χ1n) is 11.2. The lowest BCUT2D eigenvalue weighted by Crippen LogP contribution is -2.48. The summed E-state index contributed by atoms with van der Waals surface area (Å²) in [5.41, 5.74) is 7.43. The summed E-state index contributed by atoms with van der Waals surface area (Å²) >= 11 is 0. The van der Waals surface area contributed by atoms with Crippen molar-refractivity contribution in [3.63, 3.8) is 0 Å². The quantitative estimate of drug-likeness (QED) is 0.556. The van der Waals surface area contributed by atoms with E-state index in [2.05, 4.69) is 43.4 Å². The third-order valence-electron chi connectivity index (χ3n) is 6.53. The zero-order valence-corrected chi connectivity index (χ0v) is 17.9. The molecule has 2 aromatic rings. The summed E-state index contributed by atoms with van der Waals surface area (Å²) in [4.78, 5) is 13.1. The van der Waals surface area contributed by atoms with E-state index < -0.39 is 5.41 Å². The molecule has 0 bridgehead atoms. The van der Waals surface area contributed by atoms with E-state index >= 15 is 0 Å². The maximum absolute atomic E-state index is 13.1. The normalized spacial score (nSPS) is 19.6. The summed E-state index contributed by atoms with van der Waals surface area (Å²) in [7, 11) is 0. The van der Waals surface area contributed by atoms with Crippen LogP contribution in [0.15, 0.2) is 60.7 Å². The molecule has 3 nitrogen and oxygen atoms in total. The number of nitrogens with one attached hydrogen (secondary N) is 1. The lowest BCUT2D eigenvalue weighted by molar-refractivity contribution is -0.123. The van der Waals surface area contributed by atoms with Gasteiger partial charge in [-0.15, -0.1) is 0 Å². The first-order valence-corrected chi connectivity index (χ1v) is 11.2. The molecule has 1 aliphatic rings. The highest BCUT2D eigenvalue weighted by molar-refractivity contribution is 5.91. The molecule has 2 aromatic carbocycles. The number of primary amides is 1. The lowest BCUT2D eigenvalue weighted by Gasteiger charge is -2.37. The van der Waals surface area contributed by atoms with Crippen LogP contribution in [0.25, 0.3) is 0 Å². The molecule has 3 rings (SSSR count). The summed E-state index contributed by atoms with van der Waals surface area (Å²) in [5, 5.41) is 3.75. The van der Waals surface area contributed by atoms with E-state index in [1.807, 2.05) is 36.4 Å². The van der Waals surface area contributed by atoms with E-state index in [1.54, 1.807) is 0 Å². The number of nitrogens with two attached hydrogens (primary N) is 1. The molecule has 1 fully saturated rings. The van der Waals surface area contributed by atoms with E-state index in [-0.39, 0.29) is 11.8 Å². The topological polar surface area (TPSA) is 55.1 Å². The van der Waals surface area contributed by atoms with Crippen molar-refractivity contribution in [1.82, 2.24) is 5.32 Å². The zero-order valence-electron chi connectivity index (χ0n) is 17.9. The molecule has 2 unspecified atom stereocenters. The van der Waals surface area contributed by atoms with Gasteiger partial charge in [0.1, 0.15) is 5.41 Å². The van der Waals surface area contributed by atoms with Gasteiger partial charge in [-0.05, 0) is 55.2 Å². The van der Waals surface area contributed by atoms with Crippen molar-refractivity contribution in [1.29, 1.82) is 0 Å². The number of unbranched alkanes of at least 4 members (excludes halogenated alkanes) is 1. The summed E-state index contributed by atoms with van der Waals surface area (Å²) in [6.07, 6.45) is 6.89. The van der Waals surface area contributed by atoms with Gasteiger partial charge in [-0.3, -0.25) is 4.79 Å². The molecule has 2 atom stereocenters. The molecular formula is C26H36N2O. The van der Waals surface area contributed by atoms with Crippen LogP contribution in [0.3, 0.4) is 0 Å². The molecule has 0 aliphatic heterocycles. The minimum Gasteiger partial charge on any atom is -0.369 e. The average molecular weight is 393 g/mol. The van der Waals surface area contributed by atoms with Crippen LogP contribution in [-0.4, -0.2) is 18.5 Å². The standard InChI is InChI=1S/C26H36N2O/c1-20(2)11-9-10-18-28-24-17-16-23(19-24)26(25(27)29,21-12-5-3-6-13-21)22-14-7-4-8-15-22/h3-8,12-15,20,23-24,28H,9-11,16-19H2,1-2H3,(H2,27,29). The zero-order chi connectivity index (χ0) is 20.7. The summed E-state index contributed by atoms with van der Waals surface area (Å²) in [6, 6.07) is 20.7. The van der Waals surface area contributed by atoms with Crippen LogP contribution in [0.1, 0.15) is 63.5 Å². The van der Waals surface area contributed by atoms with Gasteiger partial charge in [-0.25, -0.2) is 0 Å². The van der Waals surface area contributed by atoms with Crippen molar-refractivity contribution in [3.8, 4) is 0 Å². The minimum atomic E-state index is -0.767. The van der Waals surface area contributed by atoms with Gasteiger partial charge >= 0.3 is 0 Å². The maximum Gasteiger partial charge on any atom is 0.232 e. The third kappa shape index (κ3) is 4.90.